The molecule has 0 unspecified atom stereocenters. The van der Waals surface area contributed by atoms with Gasteiger partial charge in [0.25, 0.3) is 0 Å². The first kappa shape index (κ1) is 11.8. The van der Waals surface area contributed by atoms with Crippen molar-refractivity contribution in [2.75, 3.05) is 0 Å². The van der Waals surface area contributed by atoms with Crippen LogP contribution in [0, 0.1) is 6.92 Å². The topological polar surface area (TPSA) is 78.9 Å². The first-order valence-corrected chi connectivity index (χ1v) is 3.72. The molecule has 2 N–H and O–H groups in total. The van der Waals surface area contributed by atoms with Gasteiger partial charge in [0.2, 0.25) is 0 Å². The molecule has 2 aromatic rings. The van der Waals surface area contributed by atoms with Crippen LogP contribution in [-0.2, 0) is 0 Å². The monoisotopic (exact) mass is 216 g/mol. The second kappa shape index (κ2) is 4.50. The molecule has 6 heteroatoms. The summed E-state index contributed by atoms with van der Waals surface area (Å²) in [5.74, 6) is -1.03. The van der Waals surface area contributed by atoms with E-state index in [-0.39, 0.29) is 57.1 Å². The summed E-state index contributed by atoms with van der Waals surface area (Å²) in [7, 11) is 0. The molecule has 5 nitrogen and oxygen atoms in total. The SMILES string of the molecule is Cc1c[nH]c2ncnc(C(=O)O)c12.[K]. The largest absolute Gasteiger partial charge is 0.476 e. The number of H-pyrrole nitrogens is 1. The van der Waals surface area contributed by atoms with Gasteiger partial charge in [0.05, 0.1) is 5.39 Å². The number of hydrogen-bond acceptors (Lipinski definition) is 3. The number of nitrogens with zero attached hydrogens (tertiary/aromatic N) is 2. The second-order valence-corrected chi connectivity index (χ2v) is 2.72. The van der Waals surface area contributed by atoms with Crippen LogP contribution in [-0.4, -0.2) is 77.4 Å². The molecule has 0 aliphatic carbocycles. The maximum atomic E-state index is 10.8. The van der Waals surface area contributed by atoms with Crippen molar-refractivity contribution >= 4 is 68.4 Å². The van der Waals surface area contributed by atoms with E-state index < -0.39 is 5.97 Å². The molecule has 0 aliphatic rings. The van der Waals surface area contributed by atoms with Gasteiger partial charge in [0.15, 0.2) is 5.69 Å². The van der Waals surface area contributed by atoms with E-state index in [4.69, 9.17) is 5.11 Å². The summed E-state index contributed by atoms with van der Waals surface area (Å²) in [4.78, 5) is 21.3. The average Bonchev–Trinajstić information content (AvgIpc) is 2.48. The summed E-state index contributed by atoms with van der Waals surface area (Å²) in [5.41, 5.74) is 1.45. The Balaban J connectivity index is 0.000000980. The fraction of sp³-hybridized carbons (Fsp3) is 0.125. The molecule has 0 aliphatic heterocycles. The van der Waals surface area contributed by atoms with E-state index in [9.17, 15) is 4.79 Å². The molecular weight excluding hydrogens is 209 g/mol. The van der Waals surface area contributed by atoms with E-state index in [1.165, 1.54) is 6.33 Å². The number of rotatable bonds is 1. The van der Waals surface area contributed by atoms with Crippen molar-refractivity contribution in [1.29, 1.82) is 0 Å². The van der Waals surface area contributed by atoms with Crippen LogP contribution in [0.15, 0.2) is 12.5 Å². The molecule has 2 rings (SSSR count). The average molecular weight is 216 g/mol. The van der Waals surface area contributed by atoms with E-state index in [2.05, 4.69) is 15.0 Å². The van der Waals surface area contributed by atoms with Gasteiger partial charge in [-0.3, -0.25) is 0 Å². The third-order valence-electron chi connectivity index (χ3n) is 1.87. The van der Waals surface area contributed by atoms with Crippen molar-refractivity contribution < 1.29 is 9.90 Å². The van der Waals surface area contributed by atoms with E-state index in [1.54, 1.807) is 6.20 Å². The molecule has 0 atom stereocenters. The molecule has 0 saturated carbocycles. The van der Waals surface area contributed by atoms with Gasteiger partial charge < -0.3 is 10.1 Å². The number of carboxylic acids is 1. The van der Waals surface area contributed by atoms with Crippen molar-refractivity contribution in [3.05, 3.63) is 23.8 Å². The Morgan fingerprint density at radius 2 is 2.21 bits per heavy atom. The number of aryl methyl sites for hydroxylation is 1. The second-order valence-electron chi connectivity index (χ2n) is 2.72. The van der Waals surface area contributed by atoms with Gasteiger partial charge in [-0.2, -0.15) is 0 Å². The van der Waals surface area contributed by atoms with Crippen LogP contribution in [0.25, 0.3) is 11.0 Å². The van der Waals surface area contributed by atoms with Crippen molar-refractivity contribution in [3.8, 4) is 0 Å². The van der Waals surface area contributed by atoms with Crippen molar-refractivity contribution in [1.82, 2.24) is 15.0 Å². The zero-order valence-corrected chi connectivity index (χ0v) is 11.0. The molecule has 0 saturated heterocycles. The first-order valence-electron chi connectivity index (χ1n) is 3.72. The summed E-state index contributed by atoms with van der Waals surface area (Å²) in [6.45, 7) is 1.81. The molecule has 14 heavy (non-hydrogen) atoms. The fourth-order valence-electron chi connectivity index (χ4n) is 1.28. The zero-order chi connectivity index (χ0) is 9.42. The quantitative estimate of drug-likeness (QED) is 0.683. The van der Waals surface area contributed by atoms with Gasteiger partial charge in [-0.05, 0) is 12.5 Å². The van der Waals surface area contributed by atoms with Gasteiger partial charge in [-0.25, -0.2) is 14.8 Å². The summed E-state index contributed by atoms with van der Waals surface area (Å²) < 4.78 is 0. The maximum Gasteiger partial charge on any atom is 0.355 e. The maximum absolute atomic E-state index is 10.8. The van der Waals surface area contributed by atoms with Crippen molar-refractivity contribution in [2.45, 2.75) is 6.92 Å². The standard InChI is InChI=1S/C8H7N3O2.K/c1-4-2-9-7-5(4)6(8(12)13)10-3-11-7;/h2-3H,1H3,(H,12,13)(H,9,10,11);. The normalized spacial score (nSPS) is 9.79. The van der Waals surface area contributed by atoms with Gasteiger partial charge in [0.1, 0.15) is 12.0 Å². The van der Waals surface area contributed by atoms with E-state index >= 15 is 0 Å². The Hall–Kier alpha value is -0.274. The Kier molecular flexibility index (Phi) is 3.79. The zero-order valence-electron chi connectivity index (χ0n) is 7.90. The van der Waals surface area contributed by atoms with Crippen LogP contribution >= 0.6 is 0 Å². The van der Waals surface area contributed by atoms with Crippen molar-refractivity contribution in [2.24, 2.45) is 0 Å². The molecule has 1 radical (unpaired) electrons. The Morgan fingerprint density at radius 1 is 1.50 bits per heavy atom. The minimum absolute atomic E-state index is 0. The fourth-order valence-corrected chi connectivity index (χ4v) is 1.28. The van der Waals surface area contributed by atoms with Crippen molar-refractivity contribution in [3.63, 3.8) is 0 Å². The van der Waals surface area contributed by atoms with Crippen LogP contribution in [0.2, 0.25) is 0 Å². The summed E-state index contributed by atoms with van der Waals surface area (Å²) in [6, 6.07) is 0. The number of aromatic amines is 1. The number of fused-ring (bicyclic) bond motifs is 1. The van der Waals surface area contributed by atoms with Crippen LogP contribution < -0.4 is 0 Å². The molecule has 0 spiro atoms. The Morgan fingerprint density at radius 3 is 2.86 bits per heavy atom. The number of aromatic nitrogens is 3. The summed E-state index contributed by atoms with van der Waals surface area (Å²) in [5, 5.41) is 9.40. The van der Waals surface area contributed by atoms with E-state index in [0.29, 0.717) is 11.0 Å². The summed E-state index contributed by atoms with van der Waals surface area (Å²) in [6.07, 6.45) is 2.95. The molecule has 2 heterocycles. The number of nitrogens with one attached hydrogen (secondary N) is 1. The number of hydrogen-bond donors (Lipinski definition) is 2. The molecule has 67 valence electrons. The van der Waals surface area contributed by atoms with Crippen LogP contribution in [0.5, 0.6) is 0 Å². The van der Waals surface area contributed by atoms with Gasteiger partial charge in [-0.15, -0.1) is 0 Å². The third kappa shape index (κ3) is 1.89. The number of carboxylic acid groups (broad SMARTS) is 1. The smallest absolute Gasteiger partial charge is 0.355 e. The molecule has 0 fully saturated rings. The molecule has 0 aromatic carbocycles. The van der Waals surface area contributed by atoms with Crippen LogP contribution in [0.4, 0.5) is 0 Å². The number of aromatic carboxylic acids is 1. The van der Waals surface area contributed by atoms with Gasteiger partial charge in [0, 0.05) is 57.6 Å². The Bertz CT molecular complexity index is 480. The van der Waals surface area contributed by atoms with Gasteiger partial charge in [-0.1, -0.05) is 0 Å². The molecule has 0 bridgehead atoms. The van der Waals surface area contributed by atoms with Crippen LogP contribution in [0.1, 0.15) is 16.1 Å². The molecular formula is C8H7KN3O2. The predicted octanol–water partition coefficient (Wildman–Crippen LogP) is 0.584. The van der Waals surface area contributed by atoms with E-state index in [0.717, 1.165) is 5.56 Å². The third-order valence-corrected chi connectivity index (χ3v) is 1.87. The van der Waals surface area contributed by atoms with Crippen LogP contribution in [0.3, 0.4) is 0 Å². The number of carbonyl (C=O) groups is 1. The Labute approximate surface area is 122 Å². The molecule has 2 aromatic heterocycles. The minimum Gasteiger partial charge on any atom is -0.476 e. The predicted molar refractivity (Wildman–Crippen MR) is 51.3 cm³/mol. The molecule has 0 amide bonds. The van der Waals surface area contributed by atoms with Gasteiger partial charge >= 0.3 is 5.97 Å². The van der Waals surface area contributed by atoms with E-state index in [1.807, 2.05) is 6.92 Å². The summed E-state index contributed by atoms with van der Waals surface area (Å²) >= 11 is 0. The minimum atomic E-state index is -1.03. The first-order chi connectivity index (χ1) is 6.20.